The lowest BCUT2D eigenvalue weighted by Gasteiger charge is -2.40. The number of fused-ring (bicyclic) bond motifs is 1. The molecule has 0 spiro atoms. The number of nitrogens with zero attached hydrogens (tertiary/aromatic N) is 2. The van der Waals surface area contributed by atoms with Gasteiger partial charge >= 0.3 is 0 Å². The first-order chi connectivity index (χ1) is 10.3. The van der Waals surface area contributed by atoms with Crippen LogP contribution in [-0.4, -0.2) is 32.7 Å². The Morgan fingerprint density at radius 2 is 1.62 bits per heavy atom. The van der Waals surface area contributed by atoms with Gasteiger partial charge in [0.1, 0.15) is 0 Å². The van der Waals surface area contributed by atoms with Gasteiger partial charge in [-0.25, -0.2) is 0 Å². The van der Waals surface area contributed by atoms with Crippen LogP contribution in [0.2, 0.25) is 0 Å². The van der Waals surface area contributed by atoms with Gasteiger partial charge in [0, 0.05) is 38.4 Å². The van der Waals surface area contributed by atoms with Gasteiger partial charge in [-0.15, -0.1) is 0 Å². The highest BCUT2D eigenvalue weighted by molar-refractivity contribution is 5.73. The predicted molar refractivity (Wildman–Crippen MR) is 91.5 cm³/mol. The van der Waals surface area contributed by atoms with E-state index in [0.717, 1.165) is 19.6 Å². The molecule has 2 aromatic carbocycles. The van der Waals surface area contributed by atoms with Gasteiger partial charge in [-0.2, -0.15) is 0 Å². The van der Waals surface area contributed by atoms with E-state index in [9.17, 15) is 0 Å². The summed E-state index contributed by atoms with van der Waals surface area (Å²) in [6.45, 7) is 5.39. The number of hydrogen-bond acceptors (Lipinski definition) is 3. The van der Waals surface area contributed by atoms with Crippen molar-refractivity contribution < 1.29 is 0 Å². The van der Waals surface area contributed by atoms with Crippen molar-refractivity contribution in [2.75, 3.05) is 41.8 Å². The number of anilines is 3. The van der Waals surface area contributed by atoms with Crippen LogP contribution in [0, 0.1) is 0 Å². The summed E-state index contributed by atoms with van der Waals surface area (Å²) < 4.78 is 0. The standard InChI is InChI=1S/C18H23N3/c1-15(14-19-16-8-4-3-5-9-16)21-13-12-20(2)17-10-6-7-11-18(17)21/h3-11,15,19H,12-14H2,1-2H3. The van der Waals surface area contributed by atoms with Crippen molar-refractivity contribution in [3.05, 3.63) is 54.6 Å². The van der Waals surface area contributed by atoms with Crippen LogP contribution in [-0.2, 0) is 0 Å². The first kappa shape index (κ1) is 13.8. The van der Waals surface area contributed by atoms with Gasteiger partial charge in [-0.3, -0.25) is 0 Å². The van der Waals surface area contributed by atoms with Gasteiger partial charge in [0.15, 0.2) is 0 Å². The minimum Gasteiger partial charge on any atom is -0.383 e. The van der Waals surface area contributed by atoms with Crippen molar-refractivity contribution in [2.24, 2.45) is 0 Å². The first-order valence-electron chi connectivity index (χ1n) is 7.61. The molecule has 0 amide bonds. The van der Waals surface area contributed by atoms with E-state index in [4.69, 9.17) is 0 Å². The molecule has 2 aromatic rings. The summed E-state index contributed by atoms with van der Waals surface area (Å²) in [6.07, 6.45) is 0. The third kappa shape index (κ3) is 2.97. The zero-order valence-corrected chi connectivity index (χ0v) is 12.8. The molecule has 3 rings (SSSR count). The Bertz CT molecular complexity index is 582. The quantitative estimate of drug-likeness (QED) is 0.926. The fourth-order valence-electron chi connectivity index (χ4n) is 2.92. The summed E-state index contributed by atoms with van der Waals surface area (Å²) in [4.78, 5) is 4.84. The summed E-state index contributed by atoms with van der Waals surface area (Å²) in [5.74, 6) is 0. The fraction of sp³-hybridized carbons (Fsp3) is 0.333. The van der Waals surface area contributed by atoms with E-state index in [0.29, 0.717) is 6.04 Å². The lowest BCUT2D eigenvalue weighted by molar-refractivity contribution is 0.635. The second kappa shape index (κ2) is 6.08. The Hall–Kier alpha value is -2.16. The molecule has 110 valence electrons. The highest BCUT2D eigenvalue weighted by atomic mass is 15.3. The summed E-state index contributed by atoms with van der Waals surface area (Å²) in [6, 6.07) is 19.5. The van der Waals surface area contributed by atoms with Crippen LogP contribution in [0.5, 0.6) is 0 Å². The van der Waals surface area contributed by atoms with Crippen molar-refractivity contribution in [1.29, 1.82) is 0 Å². The Kier molecular flexibility index (Phi) is 4.00. The van der Waals surface area contributed by atoms with E-state index in [1.165, 1.54) is 17.1 Å². The lowest BCUT2D eigenvalue weighted by atomic mass is 10.1. The van der Waals surface area contributed by atoms with Crippen LogP contribution in [0.3, 0.4) is 0 Å². The zero-order chi connectivity index (χ0) is 14.7. The normalized spacial score (nSPS) is 15.5. The molecule has 21 heavy (non-hydrogen) atoms. The second-order valence-electron chi connectivity index (χ2n) is 5.70. The number of rotatable bonds is 4. The fourth-order valence-corrected chi connectivity index (χ4v) is 2.92. The molecule has 3 nitrogen and oxygen atoms in total. The Labute approximate surface area is 127 Å². The van der Waals surface area contributed by atoms with Crippen molar-refractivity contribution in [3.8, 4) is 0 Å². The highest BCUT2D eigenvalue weighted by Crippen LogP contribution is 2.32. The summed E-state index contributed by atoms with van der Waals surface area (Å²) in [5.41, 5.74) is 3.86. The van der Waals surface area contributed by atoms with Crippen molar-refractivity contribution >= 4 is 17.1 Å². The Morgan fingerprint density at radius 3 is 2.38 bits per heavy atom. The van der Waals surface area contributed by atoms with Crippen molar-refractivity contribution in [2.45, 2.75) is 13.0 Å². The molecule has 3 heteroatoms. The van der Waals surface area contributed by atoms with Gasteiger partial charge in [0.25, 0.3) is 0 Å². The molecule has 1 unspecified atom stereocenters. The molecule has 0 saturated carbocycles. The molecule has 1 atom stereocenters. The maximum absolute atomic E-state index is 3.53. The molecule has 1 aliphatic heterocycles. The average Bonchev–Trinajstić information content (AvgIpc) is 2.54. The lowest BCUT2D eigenvalue weighted by Crippen LogP contribution is -2.46. The van der Waals surface area contributed by atoms with E-state index in [1.54, 1.807) is 0 Å². The van der Waals surface area contributed by atoms with Crippen LogP contribution in [0.25, 0.3) is 0 Å². The van der Waals surface area contributed by atoms with Crippen LogP contribution >= 0.6 is 0 Å². The summed E-state index contributed by atoms with van der Waals surface area (Å²) in [5, 5.41) is 3.53. The van der Waals surface area contributed by atoms with Crippen molar-refractivity contribution in [3.63, 3.8) is 0 Å². The summed E-state index contributed by atoms with van der Waals surface area (Å²) in [7, 11) is 2.17. The SMILES string of the molecule is CC(CNc1ccccc1)N1CCN(C)c2ccccc21. The van der Waals surface area contributed by atoms with Crippen LogP contribution in [0.1, 0.15) is 6.92 Å². The summed E-state index contributed by atoms with van der Waals surface area (Å²) >= 11 is 0. The number of para-hydroxylation sites is 3. The molecule has 0 bridgehead atoms. The maximum Gasteiger partial charge on any atom is 0.0607 e. The molecule has 0 aliphatic carbocycles. The van der Waals surface area contributed by atoms with E-state index in [2.05, 4.69) is 77.6 Å². The van der Waals surface area contributed by atoms with Gasteiger partial charge in [-0.05, 0) is 31.2 Å². The predicted octanol–water partition coefficient (Wildman–Crippen LogP) is 3.44. The Balaban J connectivity index is 1.71. The average molecular weight is 281 g/mol. The van der Waals surface area contributed by atoms with Gasteiger partial charge in [0.2, 0.25) is 0 Å². The molecule has 0 saturated heterocycles. The second-order valence-corrected chi connectivity index (χ2v) is 5.70. The van der Waals surface area contributed by atoms with Crippen LogP contribution in [0.15, 0.2) is 54.6 Å². The minimum atomic E-state index is 0.458. The van der Waals surface area contributed by atoms with Crippen LogP contribution < -0.4 is 15.1 Å². The van der Waals surface area contributed by atoms with E-state index in [1.807, 2.05) is 6.07 Å². The van der Waals surface area contributed by atoms with E-state index in [-0.39, 0.29) is 0 Å². The molecule has 0 aromatic heterocycles. The first-order valence-corrected chi connectivity index (χ1v) is 7.61. The third-order valence-electron chi connectivity index (χ3n) is 4.19. The molecular formula is C18H23N3. The largest absolute Gasteiger partial charge is 0.383 e. The maximum atomic E-state index is 3.53. The minimum absolute atomic E-state index is 0.458. The number of benzene rings is 2. The highest BCUT2D eigenvalue weighted by Gasteiger charge is 2.23. The monoisotopic (exact) mass is 281 g/mol. The molecule has 1 heterocycles. The van der Waals surface area contributed by atoms with Crippen LogP contribution in [0.4, 0.5) is 17.1 Å². The van der Waals surface area contributed by atoms with E-state index >= 15 is 0 Å². The molecule has 1 aliphatic rings. The Morgan fingerprint density at radius 1 is 0.952 bits per heavy atom. The zero-order valence-electron chi connectivity index (χ0n) is 12.8. The van der Waals surface area contributed by atoms with Crippen molar-refractivity contribution in [1.82, 2.24) is 0 Å². The number of nitrogens with one attached hydrogen (secondary N) is 1. The van der Waals surface area contributed by atoms with E-state index < -0.39 is 0 Å². The topological polar surface area (TPSA) is 18.5 Å². The number of likely N-dealkylation sites (N-methyl/N-ethyl adjacent to an activating group) is 1. The van der Waals surface area contributed by atoms with Gasteiger partial charge in [-0.1, -0.05) is 30.3 Å². The van der Waals surface area contributed by atoms with Gasteiger partial charge < -0.3 is 15.1 Å². The smallest absolute Gasteiger partial charge is 0.0607 e. The molecule has 1 N–H and O–H groups in total. The van der Waals surface area contributed by atoms with Gasteiger partial charge in [0.05, 0.1) is 11.4 Å². The molecule has 0 fully saturated rings. The molecule has 0 radical (unpaired) electrons. The molecular weight excluding hydrogens is 258 g/mol. The number of hydrogen-bond donors (Lipinski definition) is 1. The third-order valence-corrected chi connectivity index (χ3v) is 4.19.